The number of rotatable bonds is 3. The molecule has 0 bridgehead atoms. The summed E-state index contributed by atoms with van der Waals surface area (Å²) in [5.74, 6) is 0.0101. The van der Waals surface area contributed by atoms with Crippen molar-refractivity contribution in [1.29, 1.82) is 0 Å². The molecule has 6 nitrogen and oxygen atoms in total. The Labute approximate surface area is 79.9 Å². The number of nitrogens with zero attached hydrogens (tertiary/aromatic N) is 1. The highest BCUT2D eigenvalue weighted by Crippen LogP contribution is 2.01. The Morgan fingerprint density at radius 2 is 2.36 bits per heavy atom. The molecular formula is C8H10N2O4. The van der Waals surface area contributed by atoms with Crippen molar-refractivity contribution in [1.82, 2.24) is 9.97 Å². The van der Waals surface area contributed by atoms with Gasteiger partial charge in [-0.1, -0.05) is 0 Å². The lowest BCUT2D eigenvalue weighted by atomic mass is 10.5. The van der Waals surface area contributed by atoms with Gasteiger partial charge in [-0.2, -0.15) is 4.98 Å². The lowest BCUT2D eigenvalue weighted by molar-refractivity contribution is -0.142. The van der Waals surface area contributed by atoms with Crippen molar-refractivity contribution in [2.75, 3.05) is 7.11 Å². The number of carbonyl (C=O) groups is 1. The summed E-state index contributed by atoms with van der Waals surface area (Å²) < 4.78 is 9.43. The highest BCUT2D eigenvalue weighted by molar-refractivity contribution is 5.65. The van der Waals surface area contributed by atoms with Crippen molar-refractivity contribution in [2.45, 2.75) is 13.5 Å². The summed E-state index contributed by atoms with van der Waals surface area (Å²) in [6, 6.07) is 1.21. The van der Waals surface area contributed by atoms with E-state index in [-0.39, 0.29) is 23.9 Å². The van der Waals surface area contributed by atoms with Gasteiger partial charge >= 0.3 is 5.97 Å². The van der Waals surface area contributed by atoms with Crippen LogP contribution in [0.15, 0.2) is 10.9 Å². The molecule has 1 aromatic heterocycles. The second kappa shape index (κ2) is 4.40. The van der Waals surface area contributed by atoms with Crippen molar-refractivity contribution in [3.8, 4) is 5.88 Å². The van der Waals surface area contributed by atoms with Crippen molar-refractivity contribution >= 4 is 5.97 Å². The smallest absolute Gasteiger partial charge is 0.303 e. The van der Waals surface area contributed by atoms with E-state index in [2.05, 4.69) is 14.7 Å². The fourth-order valence-electron chi connectivity index (χ4n) is 0.827. The Bertz CT molecular complexity index is 385. The Hall–Kier alpha value is -1.85. The predicted octanol–water partition coefficient (Wildman–Crippen LogP) is -0.158. The summed E-state index contributed by atoms with van der Waals surface area (Å²) in [5, 5.41) is 0. The Morgan fingerprint density at radius 1 is 1.64 bits per heavy atom. The number of hydrogen-bond acceptors (Lipinski definition) is 5. The molecule has 14 heavy (non-hydrogen) atoms. The minimum atomic E-state index is -0.435. The van der Waals surface area contributed by atoms with Gasteiger partial charge in [-0.05, 0) is 0 Å². The summed E-state index contributed by atoms with van der Waals surface area (Å²) in [6.07, 6.45) is 0. The van der Waals surface area contributed by atoms with Crippen LogP contribution in [0.1, 0.15) is 12.7 Å². The minimum absolute atomic E-state index is 0.0677. The normalized spacial score (nSPS) is 9.57. The highest BCUT2D eigenvalue weighted by atomic mass is 16.5. The lowest BCUT2D eigenvalue weighted by Gasteiger charge is -2.02. The number of nitrogens with one attached hydrogen (secondary N) is 1. The maximum atomic E-state index is 11.0. The molecular weight excluding hydrogens is 188 g/mol. The van der Waals surface area contributed by atoms with Crippen LogP contribution in [0.3, 0.4) is 0 Å². The van der Waals surface area contributed by atoms with Crippen LogP contribution in [0.2, 0.25) is 0 Å². The van der Waals surface area contributed by atoms with Gasteiger partial charge in [-0.15, -0.1) is 0 Å². The van der Waals surface area contributed by atoms with Gasteiger partial charge in [0.25, 0.3) is 5.56 Å². The number of esters is 1. The Balaban J connectivity index is 2.81. The second-order valence-electron chi connectivity index (χ2n) is 2.51. The van der Waals surface area contributed by atoms with Gasteiger partial charge in [0.15, 0.2) is 5.82 Å². The molecule has 1 heterocycles. The second-order valence-corrected chi connectivity index (χ2v) is 2.51. The molecule has 0 aromatic carbocycles. The van der Waals surface area contributed by atoms with Gasteiger partial charge in [0.2, 0.25) is 5.88 Å². The number of ether oxygens (including phenoxy) is 2. The number of methoxy groups -OCH3 is 1. The van der Waals surface area contributed by atoms with E-state index in [0.717, 1.165) is 0 Å². The molecule has 0 amide bonds. The molecule has 0 unspecified atom stereocenters. The fraction of sp³-hybridized carbons (Fsp3) is 0.375. The molecule has 0 spiro atoms. The monoisotopic (exact) mass is 198 g/mol. The van der Waals surface area contributed by atoms with Gasteiger partial charge in [-0.25, -0.2) is 0 Å². The molecule has 1 rings (SSSR count). The minimum Gasteiger partial charge on any atom is -0.481 e. The quantitative estimate of drug-likeness (QED) is 0.682. The third kappa shape index (κ3) is 2.89. The molecule has 1 N–H and O–H groups in total. The van der Waals surface area contributed by atoms with Crippen LogP contribution in [0.5, 0.6) is 5.88 Å². The van der Waals surface area contributed by atoms with E-state index in [0.29, 0.717) is 0 Å². The van der Waals surface area contributed by atoms with Crippen LogP contribution in [-0.4, -0.2) is 23.0 Å². The maximum absolute atomic E-state index is 11.0. The fourth-order valence-corrected chi connectivity index (χ4v) is 0.827. The Morgan fingerprint density at radius 3 is 2.93 bits per heavy atom. The van der Waals surface area contributed by atoms with E-state index in [1.165, 1.54) is 20.1 Å². The summed E-state index contributed by atoms with van der Waals surface area (Å²) >= 11 is 0. The first-order valence-corrected chi connectivity index (χ1v) is 3.89. The number of hydrogen-bond donors (Lipinski definition) is 1. The average molecular weight is 198 g/mol. The van der Waals surface area contributed by atoms with Gasteiger partial charge < -0.3 is 14.5 Å². The topological polar surface area (TPSA) is 81.3 Å². The van der Waals surface area contributed by atoms with Crippen molar-refractivity contribution < 1.29 is 14.3 Å². The number of H-pyrrole nitrogens is 1. The van der Waals surface area contributed by atoms with Crippen LogP contribution in [0.4, 0.5) is 0 Å². The van der Waals surface area contributed by atoms with E-state index in [1.54, 1.807) is 0 Å². The molecule has 0 aliphatic rings. The Kier molecular flexibility index (Phi) is 3.22. The molecule has 0 aliphatic carbocycles. The molecule has 76 valence electrons. The number of aromatic amines is 1. The number of carbonyl (C=O) groups excluding carboxylic acids is 1. The molecule has 1 aromatic rings. The van der Waals surface area contributed by atoms with Crippen molar-refractivity contribution in [3.05, 3.63) is 22.2 Å². The lowest BCUT2D eigenvalue weighted by Crippen LogP contribution is -2.13. The van der Waals surface area contributed by atoms with E-state index in [9.17, 15) is 9.59 Å². The van der Waals surface area contributed by atoms with Gasteiger partial charge in [0.05, 0.1) is 13.2 Å². The van der Waals surface area contributed by atoms with E-state index in [1.807, 2.05) is 0 Å². The standard InChI is InChI=1S/C8H10N2O4/c1-5(11)14-4-6-9-7(12)3-8(10-6)13-2/h3H,4H2,1-2H3,(H,9,10,12). The van der Waals surface area contributed by atoms with Crippen molar-refractivity contribution in [2.24, 2.45) is 0 Å². The van der Waals surface area contributed by atoms with Crippen LogP contribution in [0.25, 0.3) is 0 Å². The molecule has 0 aliphatic heterocycles. The average Bonchev–Trinajstić information content (AvgIpc) is 2.14. The summed E-state index contributed by atoms with van der Waals surface area (Å²) in [6.45, 7) is 1.21. The first-order chi connectivity index (χ1) is 6.61. The van der Waals surface area contributed by atoms with Crippen LogP contribution in [-0.2, 0) is 16.1 Å². The van der Waals surface area contributed by atoms with E-state index >= 15 is 0 Å². The molecule has 0 saturated heterocycles. The predicted molar refractivity (Wildman–Crippen MR) is 46.9 cm³/mol. The summed E-state index contributed by atoms with van der Waals surface area (Å²) in [4.78, 5) is 27.8. The summed E-state index contributed by atoms with van der Waals surface area (Å²) in [7, 11) is 1.40. The zero-order chi connectivity index (χ0) is 10.6. The maximum Gasteiger partial charge on any atom is 0.303 e. The van der Waals surface area contributed by atoms with Crippen LogP contribution < -0.4 is 10.3 Å². The summed E-state index contributed by atoms with van der Waals surface area (Å²) in [5.41, 5.74) is -0.348. The SMILES string of the molecule is COc1cc(=O)[nH]c(COC(C)=O)n1. The molecule has 0 atom stereocenters. The number of aromatic nitrogens is 2. The van der Waals surface area contributed by atoms with E-state index in [4.69, 9.17) is 4.74 Å². The molecule has 6 heteroatoms. The van der Waals surface area contributed by atoms with Gasteiger partial charge in [0.1, 0.15) is 6.61 Å². The zero-order valence-corrected chi connectivity index (χ0v) is 7.86. The van der Waals surface area contributed by atoms with Crippen LogP contribution in [0, 0.1) is 0 Å². The van der Waals surface area contributed by atoms with Crippen LogP contribution >= 0.6 is 0 Å². The molecule has 0 radical (unpaired) electrons. The molecule has 0 fully saturated rings. The largest absolute Gasteiger partial charge is 0.481 e. The third-order valence-corrected chi connectivity index (χ3v) is 1.39. The first-order valence-electron chi connectivity index (χ1n) is 3.89. The van der Waals surface area contributed by atoms with Gasteiger partial charge in [-0.3, -0.25) is 9.59 Å². The highest BCUT2D eigenvalue weighted by Gasteiger charge is 2.02. The van der Waals surface area contributed by atoms with Crippen molar-refractivity contribution in [3.63, 3.8) is 0 Å². The third-order valence-electron chi connectivity index (χ3n) is 1.39. The first kappa shape index (κ1) is 10.2. The van der Waals surface area contributed by atoms with Gasteiger partial charge in [0, 0.05) is 6.92 Å². The zero-order valence-electron chi connectivity index (χ0n) is 7.86. The van der Waals surface area contributed by atoms with E-state index < -0.39 is 5.97 Å². The molecule has 0 saturated carbocycles.